The summed E-state index contributed by atoms with van der Waals surface area (Å²) in [7, 11) is -4.16. The molecule has 2 amide bonds. The van der Waals surface area contributed by atoms with Crippen molar-refractivity contribution < 1.29 is 18.0 Å². The number of hydrogen-bond acceptors (Lipinski definition) is 4. The number of carbonyl (C=O) groups excluding carboxylic acids is 2. The first-order chi connectivity index (χ1) is 21.0. The van der Waals surface area contributed by atoms with Crippen LogP contribution in [0.5, 0.6) is 0 Å². The van der Waals surface area contributed by atoms with Crippen LogP contribution in [0.25, 0.3) is 0 Å². The SMILES string of the molecule is Cc1ccc(C)c(N(CC(=O)N(Cc2cccc(Cl)c2)C(Cc2ccccc2)C(=O)NC(C)C)S(=O)(=O)c2ccccc2)c1. The maximum absolute atomic E-state index is 14.5. The van der Waals surface area contributed by atoms with Gasteiger partial charge >= 0.3 is 0 Å². The fourth-order valence-corrected chi connectivity index (χ4v) is 6.69. The number of aryl methyl sites for hydroxylation is 2. The van der Waals surface area contributed by atoms with Crippen LogP contribution in [0.2, 0.25) is 5.02 Å². The predicted octanol–water partition coefficient (Wildman–Crippen LogP) is 6.32. The van der Waals surface area contributed by atoms with Crippen molar-refractivity contribution in [3.8, 4) is 0 Å². The highest BCUT2D eigenvalue weighted by molar-refractivity contribution is 7.92. The van der Waals surface area contributed by atoms with E-state index in [1.54, 1.807) is 42.5 Å². The fourth-order valence-electron chi connectivity index (χ4n) is 4.99. The molecule has 1 atom stereocenters. The molecule has 1 N–H and O–H groups in total. The number of halogens is 1. The Bertz CT molecular complexity index is 1700. The Kier molecular flexibility index (Phi) is 10.8. The molecular weight excluding hydrogens is 594 g/mol. The van der Waals surface area contributed by atoms with Gasteiger partial charge in [-0.1, -0.05) is 84.4 Å². The molecule has 0 fully saturated rings. The van der Waals surface area contributed by atoms with Crippen LogP contribution >= 0.6 is 11.6 Å². The molecule has 0 spiro atoms. The lowest BCUT2D eigenvalue weighted by Crippen LogP contribution is -2.54. The van der Waals surface area contributed by atoms with Crippen molar-refractivity contribution in [1.29, 1.82) is 0 Å². The Hall–Kier alpha value is -4.14. The quantitative estimate of drug-likeness (QED) is 0.198. The maximum Gasteiger partial charge on any atom is 0.264 e. The number of rotatable bonds is 12. The molecule has 4 aromatic carbocycles. The van der Waals surface area contributed by atoms with Gasteiger partial charge in [-0.2, -0.15) is 0 Å². The van der Waals surface area contributed by atoms with Crippen LogP contribution in [0, 0.1) is 13.8 Å². The third kappa shape index (κ3) is 8.27. The third-order valence-electron chi connectivity index (χ3n) is 7.19. The molecule has 0 bridgehead atoms. The highest BCUT2D eigenvalue weighted by Crippen LogP contribution is 2.29. The van der Waals surface area contributed by atoms with Crippen molar-refractivity contribution in [2.24, 2.45) is 0 Å². The van der Waals surface area contributed by atoms with Gasteiger partial charge in [0.15, 0.2) is 0 Å². The summed E-state index contributed by atoms with van der Waals surface area (Å²) >= 11 is 6.30. The van der Waals surface area contributed by atoms with Crippen LogP contribution < -0.4 is 9.62 Å². The largest absolute Gasteiger partial charge is 0.352 e. The summed E-state index contributed by atoms with van der Waals surface area (Å²) in [5.41, 5.74) is 3.52. The lowest BCUT2D eigenvalue weighted by molar-refractivity contribution is -0.140. The van der Waals surface area contributed by atoms with Gasteiger partial charge in [-0.15, -0.1) is 0 Å². The van der Waals surface area contributed by atoms with Crippen LogP contribution in [0.15, 0.2) is 108 Å². The molecule has 9 heteroatoms. The normalized spacial score (nSPS) is 12.0. The molecule has 0 aliphatic carbocycles. The first-order valence-corrected chi connectivity index (χ1v) is 16.3. The number of hydrogen-bond donors (Lipinski definition) is 1. The molecule has 0 saturated heterocycles. The van der Waals surface area contributed by atoms with Gasteiger partial charge in [0, 0.05) is 24.0 Å². The van der Waals surface area contributed by atoms with Gasteiger partial charge in [-0.25, -0.2) is 8.42 Å². The van der Waals surface area contributed by atoms with Crippen molar-refractivity contribution in [3.63, 3.8) is 0 Å². The molecule has 4 rings (SSSR count). The topological polar surface area (TPSA) is 86.8 Å². The smallest absolute Gasteiger partial charge is 0.264 e. The lowest BCUT2D eigenvalue weighted by Gasteiger charge is -2.34. The van der Waals surface area contributed by atoms with E-state index in [-0.39, 0.29) is 29.8 Å². The summed E-state index contributed by atoms with van der Waals surface area (Å²) < 4.78 is 29.5. The van der Waals surface area contributed by atoms with E-state index < -0.39 is 28.5 Å². The van der Waals surface area contributed by atoms with Crippen LogP contribution in [-0.2, 0) is 32.6 Å². The number of amides is 2. The monoisotopic (exact) mass is 631 g/mol. The van der Waals surface area contributed by atoms with E-state index in [1.165, 1.54) is 17.0 Å². The average molecular weight is 632 g/mol. The van der Waals surface area contributed by atoms with Gasteiger partial charge in [0.2, 0.25) is 11.8 Å². The Morgan fingerprint density at radius 3 is 2.09 bits per heavy atom. The molecule has 0 aliphatic rings. The number of nitrogens with zero attached hydrogens (tertiary/aromatic N) is 2. The fraction of sp³-hybridized carbons (Fsp3) is 0.257. The lowest BCUT2D eigenvalue weighted by atomic mass is 10.0. The van der Waals surface area contributed by atoms with Crippen LogP contribution in [0.4, 0.5) is 5.69 Å². The Morgan fingerprint density at radius 1 is 0.818 bits per heavy atom. The van der Waals surface area contributed by atoms with Gasteiger partial charge in [-0.3, -0.25) is 13.9 Å². The van der Waals surface area contributed by atoms with Gasteiger partial charge in [0.1, 0.15) is 12.6 Å². The molecule has 7 nitrogen and oxygen atoms in total. The highest BCUT2D eigenvalue weighted by Gasteiger charge is 2.35. The first kappa shape index (κ1) is 32.8. The van der Waals surface area contributed by atoms with Crippen molar-refractivity contribution in [3.05, 3.63) is 130 Å². The van der Waals surface area contributed by atoms with Gasteiger partial charge in [0.25, 0.3) is 10.0 Å². The Balaban J connectivity index is 1.83. The van der Waals surface area contributed by atoms with Crippen molar-refractivity contribution in [2.75, 3.05) is 10.8 Å². The molecular formula is C35H38ClN3O4S. The molecule has 44 heavy (non-hydrogen) atoms. The van der Waals surface area contributed by atoms with Gasteiger partial charge in [0.05, 0.1) is 10.6 Å². The number of carbonyl (C=O) groups is 2. The van der Waals surface area contributed by atoms with Crippen molar-refractivity contribution in [1.82, 2.24) is 10.2 Å². The van der Waals surface area contributed by atoms with Crippen molar-refractivity contribution >= 4 is 39.1 Å². The Morgan fingerprint density at radius 2 is 1.45 bits per heavy atom. The molecule has 0 saturated carbocycles. The minimum atomic E-state index is -4.16. The van der Waals surface area contributed by atoms with E-state index in [1.807, 2.05) is 76.2 Å². The van der Waals surface area contributed by atoms with E-state index in [0.717, 1.165) is 15.4 Å². The molecule has 230 valence electrons. The minimum absolute atomic E-state index is 0.0500. The predicted molar refractivity (Wildman–Crippen MR) is 176 cm³/mol. The van der Waals surface area contributed by atoms with Crippen LogP contribution in [0.3, 0.4) is 0 Å². The van der Waals surface area contributed by atoms with Crippen LogP contribution in [-0.4, -0.2) is 43.8 Å². The Labute approximate surface area is 265 Å². The van der Waals surface area contributed by atoms with E-state index >= 15 is 0 Å². The third-order valence-corrected chi connectivity index (χ3v) is 9.20. The number of sulfonamides is 1. The van der Waals surface area contributed by atoms with E-state index in [0.29, 0.717) is 21.8 Å². The summed E-state index contributed by atoms with van der Waals surface area (Å²) in [6.07, 6.45) is 0.237. The second-order valence-corrected chi connectivity index (χ2v) is 13.4. The number of anilines is 1. The number of benzene rings is 4. The molecule has 0 aliphatic heterocycles. The van der Waals surface area contributed by atoms with Gasteiger partial charge in [-0.05, 0) is 80.3 Å². The first-order valence-electron chi connectivity index (χ1n) is 14.5. The van der Waals surface area contributed by atoms with Crippen molar-refractivity contribution in [2.45, 2.75) is 57.6 Å². The summed E-state index contributed by atoms with van der Waals surface area (Å²) in [5, 5.41) is 3.45. The van der Waals surface area contributed by atoms with E-state index in [2.05, 4.69) is 5.32 Å². The molecule has 0 radical (unpaired) electrons. The number of nitrogens with one attached hydrogen (secondary N) is 1. The molecule has 0 aromatic heterocycles. The highest BCUT2D eigenvalue weighted by atomic mass is 35.5. The summed E-state index contributed by atoms with van der Waals surface area (Å²) in [6, 6.07) is 29.0. The van der Waals surface area contributed by atoms with Gasteiger partial charge < -0.3 is 10.2 Å². The van der Waals surface area contributed by atoms with Crippen LogP contribution in [0.1, 0.15) is 36.1 Å². The second kappa shape index (κ2) is 14.6. The zero-order chi connectivity index (χ0) is 31.9. The summed E-state index contributed by atoms with van der Waals surface area (Å²) in [4.78, 5) is 29.8. The van der Waals surface area contributed by atoms with E-state index in [4.69, 9.17) is 11.6 Å². The standard InChI is InChI=1S/C35H38ClN3O4S/c1-25(2)37-35(41)33(22-28-12-7-5-8-13-28)38(23-29-14-11-15-30(36)21-29)34(40)24-39(32-20-26(3)18-19-27(32)4)44(42,43)31-16-9-6-10-17-31/h5-21,25,33H,22-24H2,1-4H3,(H,37,41). The molecule has 4 aromatic rings. The maximum atomic E-state index is 14.5. The average Bonchev–Trinajstić information content (AvgIpc) is 2.99. The molecule has 0 heterocycles. The summed E-state index contributed by atoms with van der Waals surface area (Å²) in [6.45, 7) is 6.93. The minimum Gasteiger partial charge on any atom is -0.352 e. The molecule has 1 unspecified atom stereocenters. The zero-order valence-corrected chi connectivity index (χ0v) is 27.0. The zero-order valence-electron chi connectivity index (χ0n) is 25.4. The second-order valence-electron chi connectivity index (χ2n) is 11.1. The van der Waals surface area contributed by atoms with E-state index in [9.17, 15) is 18.0 Å². The summed E-state index contributed by atoms with van der Waals surface area (Å²) in [5.74, 6) is -0.853.